The van der Waals surface area contributed by atoms with Gasteiger partial charge in [0, 0.05) is 5.02 Å². The van der Waals surface area contributed by atoms with Gasteiger partial charge in [-0.1, -0.05) is 47.0 Å². The first-order valence-corrected chi connectivity index (χ1v) is 11.3. The van der Waals surface area contributed by atoms with E-state index in [1.807, 2.05) is 13.8 Å². The van der Waals surface area contributed by atoms with Crippen LogP contribution in [0.25, 0.3) is 0 Å². The molecule has 1 amide bonds. The van der Waals surface area contributed by atoms with Gasteiger partial charge in [0.05, 0.1) is 23.4 Å². The van der Waals surface area contributed by atoms with Crippen molar-refractivity contribution >= 4 is 38.9 Å². The number of halogens is 1. The van der Waals surface area contributed by atoms with Crippen molar-refractivity contribution in [3.05, 3.63) is 82.9 Å². The highest BCUT2D eigenvalue weighted by molar-refractivity contribution is 7.92. The molecular formula is C23H23ClN2O4S. The van der Waals surface area contributed by atoms with E-state index >= 15 is 0 Å². The quantitative estimate of drug-likeness (QED) is 0.551. The van der Waals surface area contributed by atoms with Gasteiger partial charge < -0.3 is 10.1 Å². The number of hydrogen-bond donors (Lipinski definition) is 1. The number of hydrogen-bond acceptors (Lipinski definition) is 4. The normalized spacial score (nSPS) is 11.1. The number of nitrogens with zero attached hydrogens (tertiary/aromatic N) is 1. The van der Waals surface area contributed by atoms with Gasteiger partial charge in [0.2, 0.25) is 5.91 Å². The molecule has 0 aliphatic heterocycles. The van der Waals surface area contributed by atoms with Gasteiger partial charge in [0.15, 0.2) is 0 Å². The molecule has 0 unspecified atom stereocenters. The Bertz CT molecular complexity index is 1180. The highest BCUT2D eigenvalue weighted by atomic mass is 35.5. The Kier molecular flexibility index (Phi) is 6.87. The lowest BCUT2D eigenvalue weighted by atomic mass is 10.2. The average Bonchev–Trinajstić information content (AvgIpc) is 2.73. The van der Waals surface area contributed by atoms with E-state index in [0.717, 1.165) is 15.4 Å². The molecule has 31 heavy (non-hydrogen) atoms. The van der Waals surface area contributed by atoms with Crippen LogP contribution in [0, 0.1) is 13.8 Å². The zero-order valence-corrected chi connectivity index (χ0v) is 19.0. The van der Waals surface area contributed by atoms with Crippen molar-refractivity contribution < 1.29 is 17.9 Å². The van der Waals surface area contributed by atoms with Gasteiger partial charge in [0.1, 0.15) is 12.3 Å². The third-order valence-corrected chi connectivity index (χ3v) is 6.68. The van der Waals surface area contributed by atoms with E-state index in [4.69, 9.17) is 16.3 Å². The zero-order valence-electron chi connectivity index (χ0n) is 17.4. The summed E-state index contributed by atoms with van der Waals surface area (Å²) >= 11 is 6.03. The van der Waals surface area contributed by atoms with Crippen LogP contribution in [0.3, 0.4) is 0 Å². The molecule has 0 saturated carbocycles. The van der Waals surface area contributed by atoms with E-state index in [2.05, 4.69) is 5.32 Å². The molecule has 3 aromatic rings. The summed E-state index contributed by atoms with van der Waals surface area (Å²) in [6, 6.07) is 18.2. The highest BCUT2D eigenvalue weighted by Crippen LogP contribution is 2.29. The molecule has 0 saturated heterocycles. The second-order valence-corrected chi connectivity index (χ2v) is 9.35. The molecule has 0 fully saturated rings. The molecule has 0 bridgehead atoms. The number of carbonyl (C=O) groups is 1. The summed E-state index contributed by atoms with van der Waals surface area (Å²) in [5.74, 6) is -0.113. The van der Waals surface area contributed by atoms with E-state index in [1.54, 1.807) is 54.6 Å². The number of anilines is 2. The number of sulfonamides is 1. The lowest BCUT2D eigenvalue weighted by molar-refractivity contribution is -0.114. The minimum atomic E-state index is -3.98. The van der Waals surface area contributed by atoms with Crippen LogP contribution in [0.2, 0.25) is 5.02 Å². The van der Waals surface area contributed by atoms with Crippen LogP contribution in [-0.2, 0) is 14.8 Å². The van der Waals surface area contributed by atoms with E-state index in [9.17, 15) is 13.2 Å². The monoisotopic (exact) mass is 458 g/mol. The number of carbonyl (C=O) groups excluding carboxylic acids is 1. The summed E-state index contributed by atoms with van der Waals surface area (Å²) in [6.07, 6.45) is 0. The molecule has 3 rings (SSSR count). The number of amides is 1. The van der Waals surface area contributed by atoms with Crippen molar-refractivity contribution in [3.63, 3.8) is 0 Å². The Balaban J connectivity index is 1.95. The molecule has 1 N–H and O–H groups in total. The molecule has 6 nitrogen and oxygen atoms in total. The molecule has 0 aromatic heterocycles. The first-order valence-electron chi connectivity index (χ1n) is 9.50. The molecule has 0 radical (unpaired) electrons. The van der Waals surface area contributed by atoms with E-state index in [-0.39, 0.29) is 4.90 Å². The van der Waals surface area contributed by atoms with E-state index in [1.165, 1.54) is 19.2 Å². The fraction of sp³-hybridized carbons (Fsp3) is 0.174. The maximum absolute atomic E-state index is 13.4. The summed E-state index contributed by atoms with van der Waals surface area (Å²) in [5.41, 5.74) is 2.66. The van der Waals surface area contributed by atoms with Gasteiger partial charge >= 0.3 is 0 Å². The predicted molar refractivity (Wildman–Crippen MR) is 124 cm³/mol. The number of methoxy groups -OCH3 is 1. The van der Waals surface area contributed by atoms with Crippen molar-refractivity contribution in [3.8, 4) is 5.75 Å². The lowest BCUT2D eigenvalue weighted by Crippen LogP contribution is -2.38. The minimum absolute atomic E-state index is 0.104. The largest absolute Gasteiger partial charge is 0.495 e. The van der Waals surface area contributed by atoms with Gasteiger partial charge in [-0.3, -0.25) is 9.10 Å². The molecule has 0 atom stereocenters. The first-order chi connectivity index (χ1) is 14.7. The second kappa shape index (κ2) is 9.41. The lowest BCUT2D eigenvalue weighted by Gasteiger charge is -2.24. The predicted octanol–water partition coefficient (Wildman–Crippen LogP) is 4.80. The number of rotatable bonds is 7. The van der Waals surface area contributed by atoms with Crippen LogP contribution in [0.4, 0.5) is 11.4 Å². The maximum Gasteiger partial charge on any atom is 0.264 e. The van der Waals surface area contributed by atoms with Crippen molar-refractivity contribution in [2.45, 2.75) is 18.7 Å². The van der Waals surface area contributed by atoms with Gasteiger partial charge in [-0.25, -0.2) is 8.42 Å². The standard InChI is InChI=1S/C23H23ClN2O4S/c1-16-4-9-19(10-5-16)26(31(28,29)20-11-6-17(2)7-12-20)15-23(27)25-21-14-18(24)8-13-22(21)30-3/h4-14H,15H2,1-3H3,(H,25,27). The van der Waals surface area contributed by atoms with Crippen LogP contribution in [0.1, 0.15) is 11.1 Å². The summed E-state index contributed by atoms with van der Waals surface area (Å²) in [6.45, 7) is 3.36. The summed E-state index contributed by atoms with van der Waals surface area (Å²) in [7, 11) is -2.51. The number of nitrogens with one attached hydrogen (secondary N) is 1. The molecule has 8 heteroatoms. The van der Waals surface area contributed by atoms with Crippen LogP contribution in [0.5, 0.6) is 5.75 Å². The number of benzene rings is 3. The van der Waals surface area contributed by atoms with Gasteiger partial charge in [0.25, 0.3) is 10.0 Å². The van der Waals surface area contributed by atoms with Crippen LogP contribution >= 0.6 is 11.6 Å². The van der Waals surface area contributed by atoms with Crippen molar-refractivity contribution in [2.24, 2.45) is 0 Å². The molecule has 162 valence electrons. The summed E-state index contributed by atoms with van der Waals surface area (Å²) in [4.78, 5) is 13.0. The number of ether oxygens (including phenoxy) is 1. The van der Waals surface area contributed by atoms with Crippen molar-refractivity contribution in [1.82, 2.24) is 0 Å². The zero-order chi connectivity index (χ0) is 22.6. The van der Waals surface area contributed by atoms with Gasteiger partial charge in [-0.2, -0.15) is 0 Å². The van der Waals surface area contributed by atoms with Gasteiger partial charge in [-0.15, -0.1) is 0 Å². The van der Waals surface area contributed by atoms with Crippen LogP contribution in [0.15, 0.2) is 71.6 Å². The topological polar surface area (TPSA) is 75.7 Å². The fourth-order valence-corrected chi connectivity index (χ4v) is 4.55. The molecule has 0 heterocycles. The molecule has 0 spiro atoms. The molecule has 3 aromatic carbocycles. The Morgan fingerprint density at radius 3 is 2.13 bits per heavy atom. The van der Waals surface area contributed by atoms with Crippen LogP contribution < -0.4 is 14.4 Å². The maximum atomic E-state index is 13.4. The third kappa shape index (κ3) is 5.37. The average molecular weight is 459 g/mol. The first kappa shape index (κ1) is 22.7. The molecule has 0 aliphatic rings. The summed E-state index contributed by atoms with van der Waals surface area (Å²) < 4.78 is 33.1. The van der Waals surface area contributed by atoms with Crippen LogP contribution in [-0.4, -0.2) is 28.0 Å². The van der Waals surface area contributed by atoms with Gasteiger partial charge in [-0.05, 0) is 56.3 Å². The van der Waals surface area contributed by atoms with Crippen molar-refractivity contribution in [2.75, 3.05) is 23.3 Å². The van der Waals surface area contributed by atoms with Crippen molar-refractivity contribution in [1.29, 1.82) is 0 Å². The second-order valence-electron chi connectivity index (χ2n) is 7.05. The Labute approximate surface area is 187 Å². The smallest absolute Gasteiger partial charge is 0.264 e. The fourth-order valence-electron chi connectivity index (χ4n) is 2.96. The Morgan fingerprint density at radius 1 is 0.968 bits per heavy atom. The molecular weight excluding hydrogens is 436 g/mol. The Hall–Kier alpha value is -3.03. The van der Waals surface area contributed by atoms with E-state index < -0.39 is 22.5 Å². The SMILES string of the molecule is COc1ccc(Cl)cc1NC(=O)CN(c1ccc(C)cc1)S(=O)(=O)c1ccc(C)cc1. The summed E-state index contributed by atoms with van der Waals surface area (Å²) in [5, 5.41) is 3.11. The minimum Gasteiger partial charge on any atom is -0.495 e. The number of aryl methyl sites for hydroxylation is 2. The Morgan fingerprint density at radius 2 is 1.55 bits per heavy atom. The highest BCUT2D eigenvalue weighted by Gasteiger charge is 2.27. The van der Waals surface area contributed by atoms with E-state index in [0.29, 0.717) is 22.1 Å². The third-order valence-electron chi connectivity index (χ3n) is 4.65. The molecule has 0 aliphatic carbocycles.